The average molecular weight is 163 g/mol. The minimum absolute atomic E-state index is 0.968. The van der Waals surface area contributed by atoms with Gasteiger partial charge in [0.25, 0.3) is 0 Å². The van der Waals surface area contributed by atoms with E-state index in [2.05, 4.69) is 44.4 Å². The molecular formula is C11H17N. The first kappa shape index (κ1) is 9.11. The first-order chi connectivity index (χ1) is 5.79. The molecule has 0 amide bonds. The van der Waals surface area contributed by atoms with Crippen molar-refractivity contribution in [1.82, 2.24) is 5.32 Å². The van der Waals surface area contributed by atoms with Crippen LogP contribution >= 0.6 is 0 Å². The van der Waals surface area contributed by atoms with Crippen LogP contribution in [-0.2, 0) is 0 Å². The molecule has 0 radical (unpaired) electrons. The Morgan fingerprint density at radius 3 is 2.92 bits per heavy atom. The Hall–Kier alpha value is -0.980. The van der Waals surface area contributed by atoms with Crippen LogP contribution in [0.25, 0.3) is 0 Å². The van der Waals surface area contributed by atoms with Crippen molar-refractivity contribution in [3.8, 4) is 0 Å². The van der Waals surface area contributed by atoms with Crippen LogP contribution in [-0.4, -0.2) is 6.54 Å². The van der Waals surface area contributed by atoms with Crippen LogP contribution < -0.4 is 5.32 Å². The van der Waals surface area contributed by atoms with Crippen LogP contribution in [0.3, 0.4) is 0 Å². The molecule has 1 nitrogen and oxygen atoms in total. The highest BCUT2D eigenvalue weighted by molar-refractivity contribution is 5.46. The summed E-state index contributed by atoms with van der Waals surface area (Å²) >= 11 is 0. The molecule has 1 heterocycles. The third-order valence-corrected chi connectivity index (χ3v) is 2.27. The van der Waals surface area contributed by atoms with Gasteiger partial charge in [0.2, 0.25) is 0 Å². The summed E-state index contributed by atoms with van der Waals surface area (Å²) in [4.78, 5) is 0. The SMILES string of the molecule is C/C=C(/CC)C1=CNCC=C1C. The van der Waals surface area contributed by atoms with Crippen molar-refractivity contribution < 1.29 is 0 Å². The highest BCUT2D eigenvalue weighted by Gasteiger charge is 2.06. The van der Waals surface area contributed by atoms with E-state index in [1.807, 2.05) is 0 Å². The van der Waals surface area contributed by atoms with E-state index in [4.69, 9.17) is 0 Å². The van der Waals surface area contributed by atoms with Gasteiger partial charge in [-0.25, -0.2) is 0 Å². The summed E-state index contributed by atoms with van der Waals surface area (Å²) < 4.78 is 0. The van der Waals surface area contributed by atoms with Gasteiger partial charge >= 0.3 is 0 Å². The highest BCUT2D eigenvalue weighted by Crippen LogP contribution is 2.22. The van der Waals surface area contributed by atoms with E-state index in [0.717, 1.165) is 13.0 Å². The fourth-order valence-corrected chi connectivity index (χ4v) is 1.49. The molecule has 1 aliphatic rings. The molecule has 12 heavy (non-hydrogen) atoms. The lowest BCUT2D eigenvalue weighted by molar-refractivity contribution is 0.927. The van der Waals surface area contributed by atoms with Crippen molar-refractivity contribution in [3.05, 3.63) is 35.1 Å². The van der Waals surface area contributed by atoms with Gasteiger partial charge in [-0.05, 0) is 37.0 Å². The summed E-state index contributed by atoms with van der Waals surface area (Å²) in [5.74, 6) is 0. The maximum atomic E-state index is 3.24. The Kier molecular flexibility index (Phi) is 3.15. The molecule has 0 saturated heterocycles. The van der Waals surface area contributed by atoms with Crippen molar-refractivity contribution in [2.24, 2.45) is 0 Å². The van der Waals surface area contributed by atoms with E-state index < -0.39 is 0 Å². The van der Waals surface area contributed by atoms with Crippen molar-refractivity contribution in [3.63, 3.8) is 0 Å². The van der Waals surface area contributed by atoms with Crippen molar-refractivity contribution >= 4 is 0 Å². The lowest BCUT2D eigenvalue weighted by Crippen LogP contribution is -2.12. The molecule has 0 aromatic rings. The Balaban J connectivity index is 2.87. The Morgan fingerprint density at radius 2 is 2.42 bits per heavy atom. The zero-order valence-electron chi connectivity index (χ0n) is 8.15. The fourth-order valence-electron chi connectivity index (χ4n) is 1.49. The smallest absolute Gasteiger partial charge is 0.0331 e. The van der Waals surface area contributed by atoms with Gasteiger partial charge in [0.1, 0.15) is 0 Å². The van der Waals surface area contributed by atoms with Gasteiger partial charge in [0.05, 0.1) is 0 Å². The van der Waals surface area contributed by atoms with Gasteiger partial charge in [-0.1, -0.05) is 19.1 Å². The third-order valence-electron chi connectivity index (χ3n) is 2.27. The molecule has 0 bridgehead atoms. The summed E-state index contributed by atoms with van der Waals surface area (Å²) in [6.45, 7) is 7.43. The summed E-state index contributed by atoms with van der Waals surface area (Å²) in [6, 6.07) is 0. The van der Waals surface area contributed by atoms with Crippen molar-refractivity contribution in [1.29, 1.82) is 0 Å². The van der Waals surface area contributed by atoms with E-state index in [9.17, 15) is 0 Å². The molecule has 0 aromatic heterocycles. The Bertz CT molecular complexity index is 244. The predicted molar refractivity (Wildman–Crippen MR) is 53.9 cm³/mol. The second-order valence-electron chi connectivity index (χ2n) is 3.02. The lowest BCUT2D eigenvalue weighted by Gasteiger charge is -2.15. The molecule has 1 heteroatoms. The molecule has 0 aromatic carbocycles. The van der Waals surface area contributed by atoms with Gasteiger partial charge in [-0.2, -0.15) is 0 Å². The number of rotatable bonds is 2. The van der Waals surface area contributed by atoms with Crippen LogP contribution in [0.1, 0.15) is 27.2 Å². The monoisotopic (exact) mass is 163 g/mol. The van der Waals surface area contributed by atoms with Gasteiger partial charge in [-0.15, -0.1) is 0 Å². The van der Waals surface area contributed by atoms with E-state index in [1.165, 1.54) is 16.7 Å². The molecule has 66 valence electrons. The summed E-state index contributed by atoms with van der Waals surface area (Å²) in [6.07, 6.45) is 7.65. The second kappa shape index (κ2) is 4.15. The predicted octanol–water partition coefficient (Wildman–Crippen LogP) is 2.78. The topological polar surface area (TPSA) is 12.0 Å². The zero-order chi connectivity index (χ0) is 8.97. The normalized spacial score (nSPS) is 18.1. The van der Waals surface area contributed by atoms with Crippen LogP contribution in [0.2, 0.25) is 0 Å². The van der Waals surface area contributed by atoms with Gasteiger partial charge < -0.3 is 5.32 Å². The number of hydrogen-bond acceptors (Lipinski definition) is 1. The van der Waals surface area contributed by atoms with Crippen LogP contribution in [0.4, 0.5) is 0 Å². The molecule has 0 fully saturated rings. The van der Waals surface area contributed by atoms with Crippen LogP contribution in [0, 0.1) is 0 Å². The summed E-state index contributed by atoms with van der Waals surface area (Å²) in [5, 5.41) is 3.24. The molecule has 1 N–H and O–H groups in total. The van der Waals surface area contributed by atoms with Crippen LogP contribution in [0.5, 0.6) is 0 Å². The highest BCUT2D eigenvalue weighted by atomic mass is 14.8. The number of nitrogens with one attached hydrogen (secondary N) is 1. The quantitative estimate of drug-likeness (QED) is 0.660. The Morgan fingerprint density at radius 1 is 1.67 bits per heavy atom. The van der Waals surface area contributed by atoms with Gasteiger partial charge in [-0.3, -0.25) is 0 Å². The molecule has 1 rings (SSSR count). The second-order valence-corrected chi connectivity index (χ2v) is 3.02. The minimum Gasteiger partial charge on any atom is -0.387 e. The number of allylic oxidation sites excluding steroid dienone is 4. The molecule has 0 unspecified atom stereocenters. The summed E-state index contributed by atoms with van der Waals surface area (Å²) in [5.41, 5.74) is 4.19. The maximum absolute atomic E-state index is 3.24. The third kappa shape index (κ3) is 1.79. The molecule has 0 atom stereocenters. The largest absolute Gasteiger partial charge is 0.387 e. The van der Waals surface area contributed by atoms with Crippen molar-refractivity contribution in [2.45, 2.75) is 27.2 Å². The van der Waals surface area contributed by atoms with E-state index >= 15 is 0 Å². The molecule has 1 aliphatic heterocycles. The van der Waals surface area contributed by atoms with E-state index in [0.29, 0.717) is 0 Å². The van der Waals surface area contributed by atoms with Gasteiger partial charge in [0, 0.05) is 12.7 Å². The summed E-state index contributed by atoms with van der Waals surface area (Å²) in [7, 11) is 0. The lowest BCUT2D eigenvalue weighted by atomic mass is 9.96. The molecule has 0 saturated carbocycles. The number of dihydropyridines is 1. The average Bonchev–Trinajstić information content (AvgIpc) is 2.10. The minimum atomic E-state index is 0.968. The first-order valence-electron chi connectivity index (χ1n) is 4.55. The molecule has 0 aliphatic carbocycles. The van der Waals surface area contributed by atoms with Crippen LogP contribution in [0.15, 0.2) is 35.1 Å². The van der Waals surface area contributed by atoms with Gasteiger partial charge in [0.15, 0.2) is 0 Å². The molecule has 0 spiro atoms. The molecular weight excluding hydrogens is 146 g/mol. The van der Waals surface area contributed by atoms with Crippen molar-refractivity contribution in [2.75, 3.05) is 6.54 Å². The standard InChI is InChI=1S/C11H17N/c1-4-10(5-2)11-8-12-7-6-9(11)3/h4,6,8,12H,5,7H2,1-3H3/b10-4-. The maximum Gasteiger partial charge on any atom is 0.0331 e. The van der Waals surface area contributed by atoms with E-state index in [1.54, 1.807) is 0 Å². The fraction of sp³-hybridized carbons (Fsp3) is 0.455. The van der Waals surface area contributed by atoms with E-state index in [-0.39, 0.29) is 0 Å². The number of hydrogen-bond donors (Lipinski definition) is 1. The zero-order valence-corrected chi connectivity index (χ0v) is 8.15. The first-order valence-corrected chi connectivity index (χ1v) is 4.55. The Labute approximate surface area is 74.9 Å².